The normalized spacial score (nSPS) is 20.4. The van der Waals surface area contributed by atoms with E-state index in [2.05, 4.69) is 4.74 Å². The summed E-state index contributed by atoms with van der Waals surface area (Å²) in [6.45, 7) is 3.03. The van der Waals surface area contributed by atoms with Gasteiger partial charge in [-0.1, -0.05) is 95.6 Å². The van der Waals surface area contributed by atoms with Crippen LogP contribution in [0.15, 0.2) is 23.8 Å². The molecule has 2 amide bonds. The first-order chi connectivity index (χ1) is 16.0. The van der Waals surface area contributed by atoms with Gasteiger partial charge in [0, 0.05) is 6.08 Å². The lowest BCUT2D eigenvalue weighted by Crippen LogP contribution is -2.54. The maximum absolute atomic E-state index is 12.9. The zero-order chi connectivity index (χ0) is 26.6. The van der Waals surface area contributed by atoms with Crippen molar-refractivity contribution in [3.05, 3.63) is 23.8 Å². The second kappa shape index (κ2) is 12.2. The van der Waals surface area contributed by atoms with Crippen molar-refractivity contribution >= 4 is 87.8 Å². The number of amides is 2. The molecule has 1 heterocycles. The van der Waals surface area contributed by atoms with Crippen molar-refractivity contribution < 1.29 is 28.6 Å². The average molecular weight is 615 g/mol. The lowest BCUT2D eigenvalue weighted by molar-refractivity contribution is -0.134. The van der Waals surface area contributed by atoms with Gasteiger partial charge in [0.1, 0.15) is 13.2 Å². The fraction of sp³-hybridized carbons (Fsp3) is 0.667. The largest absolute Gasteiger partial charge is 0.466 e. The molecule has 35 heavy (non-hydrogen) atoms. The Labute approximate surface area is 234 Å². The summed E-state index contributed by atoms with van der Waals surface area (Å²) in [4.78, 5) is 37.1. The van der Waals surface area contributed by atoms with Gasteiger partial charge in [0.15, 0.2) is 0 Å². The highest BCUT2D eigenvalue weighted by atomic mass is 35.6. The molecule has 0 N–H and O–H groups in total. The van der Waals surface area contributed by atoms with E-state index in [1.54, 1.807) is 6.08 Å². The van der Waals surface area contributed by atoms with Crippen molar-refractivity contribution in [2.45, 2.75) is 59.2 Å². The second-order valence-corrected chi connectivity index (χ2v) is 13.9. The molecule has 2 fully saturated rings. The zero-order valence-corrected chi connectivity index (χ0v) is 23.8. The van der Waals surface area contributed by atoms with Gasteiger partial charge in [-0.05, 0) is 36.7 Å². The molecule has 1 saturated heterocycles. The van der Waals surface area contributed by atoms with E-state index in [-0.39, 0.29) is 5.41 Å². The van der Waals surface area contributed by atoms with Crippen LogP contribution in [0.3, 0.4) is 0 Å². The molecule has 2 aliphatic rings. The van der Waals surface area contributed by atoms with Gasteiger partial charge in [0.05, 0.1) is 19.2 Å². The van der Waals surface area contributed by atoms with Crippen LogP contribution in [0.2, 0.25) is 0 Å². The molecule has 0 aromatic heterocycles. The maximum Gasteiger partial charge on any atom is 0.429 e. The number of rotatable bonds is 7. The molecule has 0 aromatic carbocycles. The molecular formula is C21H26Cl6N2O6. The lowest BCUT2D eigenvalue weighted by atomic mass is 9.84. The summed E-state index contributed by atoms with van der Waals surface area (Å²) in [7, 11) is 1.31. The SMILES string of the molecule is COC(=O)C=CCC(C)(C)CC=C1C2CCC1N(C(=O)OCC(Cl)(Cl)Cl)N2C(=O)OCC(Cl)(Cl)Cl. The molecule has 0 aromatic rings. The fourth-order valence-electron chi connectivity index (χ4n) is 3.84. The number of allylic oxidation sites excluding steroid dienone is 2. The molecule has 1 saturated carbocycles. The Hall–Kier alpha value is -0.770. The first-order valence-corrected chi connectivity index (χ1v) is 12.8. The van der Waals surface area contributed by atoms with Crippen LogP contribution in [0, 0.1) is 5.41 Å². The topological polar surface area (TPSA) is 85.4 Å². The molecule has 8 nitrogen and oxygen atoms in total. The number of alkyl halides is 6. The quantitative estimate of drug-likeness (QED) is 0.107. The number of hydrazine groups is 1. The molecule has 1 aliphatic heterocycles. The van der Waals surface area contributed by atoms with Gasteiger partial charge in [0.25, 0.3) is 0 Å². The molecule has 2 bridgehead atoms. The number of hydrogen-bond acceptors (Lipinski definition) is 6. The predicted octanol–water partition coefficient (Wildman–Crippen LogP) is 6.53. The zero-order valence-electron chi connectivity index (χ0n) is 19.2. The highest BCUT2D eigenvalue weighted by molar-refractivity contribution is 6.68. The third kappa shape index (κ3) is 9.24. The average Bonchev–Trinajstić information content (AvgIpc) is 3.28. The molecule has 198 valence electrons. The summed E-state index contributed by atoms with van der Waals surface area (Å²) in [5, 5.41) is 2.31. The summed E-state index contributed by atoms with van der Waals surface area (Å²) in [5.74, 6) is -0.430. The number of carbonyl (C=O) groups excluding carboxylic acids is 3. The van der Waals surface area contributed by atoms with E-state index >= 15 is 0 Å². The van der Waals surface area contributed by atoms with E-state index in [4.69, 9.17) is 79.1 Å². The van der Waals surface area contributed by atoms with Gasteiger partial charge in [-0.3, -0.25) is 0 Å². The molecule has 2 rings (SSSR count). The molecule has 1 aliphatic carbocycles. The fourth-order valence-corrected chi connectivity index (χ4v) is 4.17. The molecular weight excluding hydrogens is 589 g/mol. The van der Waals surface area contributed by atoms with Crippen molar-refractivity contribution in [1.29, 1.82) is 0 Å². The standard InChI is InChI=1S/C21H26Cl6N2O6/c1-19(2,9-4-5-16(30)33-3)10-8-13-14-6-7-15(13)29(18(32)35-12-21(25,26)27)28(14)17(31)34-11-20(22,23)24/h4-5,8,14-15H,6-7,9-12H2,1-3H3. The van der Waals surface area contributed by atoms with Crippen LogP contribution in [-0.4, -0.2) is 68.2 Å². The van der Waals surface area contributed by atoms with Gasteiger partial charge in [0.2, 0.25) is 7.59 Å². The van der Waals surface area contributed by atoms with Gasteiger partial charge in [-0.2, -0.15) is 0 Å². The van der Waals surface area contributed by atoms with Gasteiger partial charge >= 0.3 is 18.2 Å². The number of esters is 1. The maximum atomic E-state index is 12.9. The van der Waals surface area contributed by atoms with Crippen LogP contribution >= 0.6 is 69.6 Å². The van der Waals surface area contributed by atoms with Crippen LogP contribution in [0.5, 0.6) is 0 Å². The van der Waals surface area contributed by atoms with Crippen LogP contribution in [0.1, 0.15) is 39.5 Å². The third-order valence-electron chi connectivity index (χ3n) is 5.41. The number of ether oxygens (including phenoxy) is 3. The molecule has 2 atom stereocenters. The molecule has 0 spiro atoms. The Balaban J connectivity index is 2.24. The van der Waals surface area contributed by atoms with Crippen LogP contribution in [0.4, 0.5) is 9.59 Å². The van der Waals surface area contributed by atoms with E-state index in [0.29, 0.717) is 25.7 Å². The number of methoxy groups -OCH3 is 1. The monoisotopic (exact) mass is 612 g/mol. The summed E-state index contributed by atoms with van der Waals surface area (Å²) < 4.78 is 11.2. The Morgan fingerprint density at radius 1 is 0.886 bits per heavy atom. The lowest BCUT2D eigenvalue weighted by Gasteiger charge is -2.35. The van der Waals surface area contributed by atoms with Crippen molar-refractivity contribution in [3.8, 4) is 0 Å². The highest BCUT2D eigenvalue weighted by Gasteiger charge is 2.54. The smallest absolute Gasteiger partial charge is 0.429 e. The van der Waals surface area contributed by atoms with Crippen molar-refractivity contribution in [2.24, 2.45) is 5.41 Å². The van der Waals surface area contributed by atoms with Crippen LogP contribution in [-0.2, 0) is 19.0 Å². The predicted molar refractivity (Wildman–Crippen MR) is 136 cm³/mol. The summed E-state index contributed by atoms with van der Waals surface area (Å²) >= 11 is 34.2. The Bertz CT molecular complexity index is 821. The summed E-state index contributed by atoms with van der Waals surface area (Å²) in [6.07, 6.45) is 5.76. The van der Waals surface area contributed by atoms with E-state index < -0.39 is 51.0 Å². The third-order valence-corrected chi connectivity index (χ3v) is 6.07. The van der Waals surface area contributed by atoms with E-state index in [0.717, 1.165) is 15.6 Å². The van der Waals surface area contributed by atoms with Crippen molar-refractivity contribution in [1.82, 2.24) is 10.0 Å². The van der Waals surface area contributed by atoms with E-state index in [1.807, 2.05) is 19.9 Å². The number of nitrogens with zero attached hydrogens (tertiary/aromatic N) is 2. The van der Waals surface area contributed by atoms with Crippen LogP contribution in [0.25, 0.3) is 0 Å². The first kappa shape index (κ1) is 30.5. The van der Waals surface area contributed by atoms with Crippen molar-refractivity contribution in [3.63, 3.8) is 0 Å². The van der Waals surface area contributed by atoms with Gasteiger partial charge in [-0.15, -0.1) is 0 Å². The van der Waals surface area contributed by atoms with Gasteiger partial charge < -0.3 is 14.2 Å². The van der Waals surface area contributed by atoms with Gasteiger partial charge in [-0.25, -0.2) is 24.4 Å². The number of hydrogen-bond donors (Lipinski definition) is 0. The summed E-state index contributed by atoms with van der Waals surface area (Å²) in [6, 6.07) is -0.908. The Morgan fingerprint density at radius 2 is 1.34 bits per heavy atom. The van der Waals surface area contributed by atoms with E-state index in [9.17, 15) is 14.4 Å². The highest BCUT2D eigenvalue weighted by Crippen LogP contribution is 2.44. The first-order valence-electron chi connectivity index (χ1n) is 10.5. The minimum absolute atomic E-state index is 0.221. The Kier molecular flexibility index (Phi) is 10.6. The molecule has 14 heteroatoms. The van der Waals surface area contributed by atoms with Crippen LogP contribution < -0.4 is 0 Å². The molecule has 2 unspecified atom stereocenters. The Morgan fingerprint density at radius 3 is 1.74 bits per heavy atom. The molecule has 0 radical (unpaired) electrons. The number of fused-ring (bicyclic) bond motifs is 2. The summed E-state index contributed by atoms with van der Waals surface area (Å²) in [5.41, 5.74) is 0.632. The minimum atomic E-state index is -1.82. The second-order valence-electron chi connectivity index (χ2n) is 8.84. The minimum Gasteiger partial charge on any atom is -0.466 e. The van der Waals surface area contributed by atoms with E-state index in [1.165, 1.54) is 13.2 Å². The number of halogens is 6. The van der Waals surface area contributed by atoms with Crippen molar-refractivity contribution in [2.75, 3.05) is 20.3 Å². The number of carbonyl (C=O) groups is 3.